The second-order valence-corrected chi connectivity index (χ2v) is 11.0. The molecule has 2 rings (SSSR count). The van der Waals surface area contributed by atoms with Crippen LogP contribution in [0.2, 0.25) is 15.1 Å². The molecule has 0 bridgehead atoms. The average molecular weight is 549 g/mol. The normalized spacial score (nSPS) is 12.2. The lowest BCUT2D eigenvalue weighted by Crippen LogP contribution is -2.51. The molecule has 0 radical (unpaired) electrons. The summed E-state index contributed by atoms with van der Waals surface area (Å²) in [5, 5.41) is 3.77. The first-order chi connectivity index (χ1) is 15.9. The highest BCUT2D eigenvalue weighted by Crippen LogP contribution is 2.30. The predicted octanol–water partition coefficient (Wildman–Crippen LogP) is 4.75. The van der Waals surface area contributed by atoms with Crippen molar-refractivity contribution in [1.82, 2.24) is 10.2 Å². The van der Waals surface area contributed by atoms with Crippen LogP contribution in [-0.2, 0) is 26.2 Å². The van der Waals surface area contributed by atoms with Crippen LogP contribution in [0.15, 0.2) is 42.5 Å². The lowest BCUT2D eigenvalue weighted by molar-refractivity contribution is -0.139. The molecule has 0 aliphatic heterocycles. The van der Waals surface area contributed by atoms with Gasteiger partial charge in [-0.3, -0.25) is 13.9 Å². The van der Waals surface area contributed by atoms with E-state index in [0.29, 0.717) is 16.6 Å². The number of carbonyl (C=O) groups is 2. The van der Waals surface area contributed by atoms with Crippen LogP contribution in [0, 0.1) is 0 Å². The van der Waals surface area contributed by atoms with Crippen molar-refractivity contribution in [3.05, 3.63) is 63.1 Å². The van der Waals surface area contributed by atoms with Crippen molar-refractivity contribution in [2.45, 2.75) is 39.3 Å². The van der Waals surface area contributed by atoms with Gasteiger partial charge in [-0.1, -0.05) is 60.3 Å². The molecule has 2 amide bonds. The van der Waals surface area contributed by atoms with Crippen molar-refractivity contribution < 1.29 is 18.0 Å². The molecule has 7 nitrogen and oxygen atoms in total. The quantitative estimate of drug-likeness (QED) is 0.411. The summed E-state index contributed by atoms with van der Waals surface area (Å²) in [6.07, 6.45) is 2.70. The summed E-state index contributed by atoms with van der Waals surface area (Å²) in [6.45, 7) is 3.64. The first-order valence-corrected chi connectivity index (χ1v) is 13.7. The van der Waals surface area contributed by atoms with Gasteiger partial charge in [-0.2, -0.15) is 0 Å². The number of sulfonamides is 1. The van der Waals surface area contributed by atoms with Crippen LogP contribution in [0.1, 0.15) is 32.3 Å². The number of nitrogens with zero attached hydrogens (tertiary/aromatic N) is 2. The van der Waals surface area contributed by atoms with E-state index < -0.39 is 28.5 Å². The topological polar surface area (TPSA) is 86.8 Å². The number of halogens is 3. The third-order valence-electron chi connectivity index (χ3n) is 5.12. The van der Waals surface area contributed by atoms with E-state index in [1.807, 2.05) is 6.92 Å². The molecule has 2 aromatic carbocycles. The maximum absolute atomic E-state index is 13.4. The number of unbranched alkanes of at least 4 members (excludes halogenated alkanes) is 1. The average Bonchev–Trinajstić information content (AvgIpc) is 2.76. The Bertz CT molecular complexity index is 1110. The maximum atomic E-state index is 13.4. The van der Waals surface area contributed by atoms with Gasteiger partial charge in [0.15, 0.2) is 0 Å². The molecule has 11 heteroatoms. The van der Waals surface area contributed by atoms with E-state index in [4.69, 9.17) is 34.8 Å². The molecule has 1 N–H and O–H groups in total. The van der Waals surface area contributed by atoms with Crippen molar-refractivity contribution >= 4 is 62.3 Å². The summed E-state index contributed by atoms with van der Waals surface area (Å²) in [5.41, 5.74) is 0.856. The zero-order valence-corrected chi connectivity index (χ0v) is 22.3. The summed E-state index contributed by atoms with van der Waals surface area (Å²) in [6, 6.07) is 10.3. The van der Waals surface area contributed by atoms with Gasteiger partial charge in [0.25, 0.3) is 0 Å². The lowest BCUT2D eigenvalue weighted by atomic mass is 10.1. The SMILES string of the molecule is CCCCNC(=O)C(C)N(Cc1ccc(Cl)cc1)C(=O)CN(c1ccc(Cl)cc1Cl)S(C)(=O)=O. The minimum absolute atomic E-state index is 0.0836. The first kappa shape index (κ1) is 28.2. The zero-order valence-electron chi connectivity index (χ0n) is 19.2. The number of benzene rings is 2. The van der Waals surface area contributed by atoms with Gasteiger partial charge in [0.2, 0.25) is 21.8 Å². The van der Waals surface area contributed by atoms with E-state index in [0.717, 1.165) is 29.0 Å². The number of amides is 2. The van der Waals surface area contributed by atoms with Gasteiger partial charge in [0, 0.05) is 23.1 Å². The fraction of sp³-hybridized carbons (Fsp3) is 0.391. The number of rotatable bonds is 11. The summed E-state index contributed by atoms with van der Waals surface area (Å²) in [5.74, 6) is -0.893. The highest BCUT2D eigenvalue weighted by molar-refractivity contribution is 7.92. The van der Waals surface area contributed by atoms with E-state index in [9.17, 15) is 18.0 Å². The van der Waals surface area contributed by atoms with Crippen LogP contribution in [0.5, 0.6) is 0 Å². The lowest BCUT2D eigenvalue weighted by Gasteiger charge is -2.31. The second-order valence-electron chi connectivity index (χ2n) is 7.83. The van der Waals surface area contributed by atoms with E-state index in [2.05, 4.69) is 5.32 Å². The van der Waals surface area contributed by atoms with Crippen LogP contribution >= 0.6 is 34.8 Å². The minimum atomic E-state index is -3.88. The van der Waals surface area contributed by atoms with E-state index >= 15 is 0 Å². The van der Waals surface area contributed by atoms with Crippen LogP contribution in [0.4, 0.5) is 5.69 Å². The number of carbonyl (C=O) groups excluding carboxylic acids is 2. The molecule has 0 aliphatic carbocycles. The second kappa shape index (κ2) is 12.6. The molecule has 34 heavy (non-hydrogen) atoms. The summed E-state index contributed by atoms with van der Waals surface area (Å²) in [7, 11) is -3.88. The molecule has 1 unspecified atom stereocenters. The van der Waals surface area contributed by atoms with Gasteiger partial charge in [0.1, 0.15) is 12.6 Å². The van der Waals surface area contributed by atoms with Crippen molar-refractivity contribution in [3.8, 4) is 0 Å². The molecular weight excluding hydrogens is 521 g/mol. The molecule has 186 valence electrons. The molecule has 2 aromatic rings. The van der Waals surface area contributed by atoms with Gasteiger partial charge >= 0.3 is 0 Å². The summed E-state index contributed by atoms with van der Waals surface area (Å²) in [4.78, 5) is 27.5. The van der Waals surface area contributed by atoms with Crippen LogP contribution in [-0.4, -0.2) is 50.5 Å². The summed E-state index contributed by atoms with van der Waals surface area (Å²) >= 11 is 18.1. The Balaban J connectivity index is 2.37. The molecular formula is C23H28Cl3N3O4S. The van der Waals surface area contributed by atoms with Crippen LogP contribution in [0.3, 0.4) is 0 Å². The molecule has 0 aliphatic rings. The highest BCUT2D eigenvalue weighted by Gasteiger charge is 2.30. The largest absolute Gasteiger partial charge is 0.354 e. The van der Waals surface area contributed by atoms with Crippen LogP contribution in [0.25, 0.3) is 0 Å². The minimum Gasteiger partial charge on any atom is -0.354 e. The standard InChI is InChI=1S/C23H28Cl3N3O4S/c1-4-5-12-27-23(31)16(2)28(14-17-6-8-18(24)9-7-17)22(30)15-29(34(3,32)33)21-11-10-19(25)13-20(21)26/h6-11,13,16H,4-5,12,14-15H2,1-3H3,(H,27,31). The van der Waals surface area contributed by atoms with E-state index in [-0.39, 0.29) is 23.2 Å². The first-order valence-electron chi connectivity index (χ1n) is 10.7. The Morgan fingerprint density at radius 2 is 1.65 bits per heavy atom. The fourth-order valence-electron chi connectivity index (χ4n) is 3.18. The molecule has 0 fully saturated rings. The Hall–Kier alpha value is -2.00. The van der Waals surface area contributed by atoms with Gasteiger partial charge in [0.05, 0.1) is 17.0 Å². The van der Waals surface area contributed by atoms with Gasteiger partial charge in [-0.15, -0.1) is 0 Å². The molecule has 0 saturated heterocycles. The van der Waals surface area contributed by atoms with Gasteiger partial charge < -0.3 is 10.2 Å². The van der Waals surface area contributed by atoms with Gasteiger partial charge in [-0.05, 0) is 49.2 Å². The molecule has 0 spiro atoms. The number of nitrogens with one attached hydrogen (secondary N) is 1. The molecule has 1 atom stereocenters. The van der Waals surface area contributed by atoms with E-state index in [1.54, 1.807) is 31.2 Å². The highest BCUT2D eigenvalue weighted by atomic mass is 35.5. The van der Waals surface area contributed by atoms with Crippen molar-refractivity contribution in [1.29, 1.82) is 0 Å². The Morgan fingerprint density at radius 3 is 2.21 bits per heavy atom. The Morgan fingerprint density at radius 1 is 1.03 bits per heavy atom. The smallest absolute Gasteiger partial charge is 0.244 e. The fourth-order valence-corrected chi connectivity index (χ4v) is 4.73. The van der Waals surface area contributed by atoms with Crippen LogP contribution < -0.4 is 9.62 Å². The number of hydrogen-bond donors (Lipinski definition) is 1. The third-order valence-corrected chi connectivity index (χ3v) is 7.04. The predicted molar refractivity (Wildman–Crippen MR) is 138 cm³/mol. The molecule has 0 heterocycles. The number of anilines is 1. The van der Waals surface area contributed by atoms with Crippen molar-refractivity contribution in [2.24, 2.45) is 0 Å². The zero-order chi connectivity index (χ0) is 25.5. The monoisotopic (exact) mass is 547 g/mol. The van der Waals surface area contributed by atoms with Crippen molar-refractivity contribution in [3.63, 3.8) is 0 Å². The third kappa shape index (κ3) is 8.05. The molecule has 0 saturated carbocycles. The van der Waals surface area contributed by atoms with Gasteiger partial charge in [-0.25, -0.2) is 8.42 Å². The molecule has 0 aromatic heterocycles. The Kier molecular flexibility index (Phi) is 10.5. The van der Waals surface area contributed by atoms with Crippen molar-refractivity contribution in [2.75, 3.05) is 23.7 Å². The number of hydrogen-bond acceptors (Lipinski definition) is 4. The van der Waals surface area contributed by atoms with E-state index in [1.165, 1.54) is 23.1 Å². The maximum Gasteiger partial charge on any atom is 0.244 e. The Labute approximate surface area is 216 Å². The summed E-state index contributed by atoms with van der Waals surface area (Å²) < 4.78 is 26.0.